The average molecular weight is 465 g/mol. The fourth-order valence-corrected chi connectivity index (χ4v) is 3.64. The quantitative estimate of drug-likeness (QED) is 0.449. The first-order chi connectivity index (χ1) is 15.9. The Balaban J connectivity index is 1.67. The van der Waals surface area contributed by atoms with Gasteiger partial charge in [0.25, 0.3) is 11.8 Å². The standard InChI is InChI=1S/C26H28N2O4S/c1-17-7-10-22(14-18(17)2)32-16-19(3)27-26(30)24(15-23-6-5-13-33-23)28-25(29)20-8-11-21(31-4)12-9-20/h5-15,19H,16H2,1-4H3,(H,27,30)(H,28,29)/b24-15-. The Kier molecular flexibility index (Phi) is 8.27. The van der Waals surface area contributed by atoms with Crippen molar-refractivity contribution in [3.8, 4) is 11.5 Å². The second kappa shape index (κ2) is 11.3. The molecular weight excluding hydrogens is 436 g/mol. The van der Waals surface area contributed by atoms with Crippen molar-refractivity contribution in [2.75, 3.05) is 13.7 Å². The molecule has 0 aliphatic rings. The van der Waals surface area contributed by atoms with E-state index in [1.807, 2.05) is 56.5 Å². The molecule has 0 aliphatic heterocycles. The number of carbonyl (C=O) groups is 2. The first-order valence-electron chi connectivity index (χ1n) is 10.6. The number of thiophene rings is 1. The van der Waals surface area contributed by atoms with Crippen LogP contribution in [0.5, 0.6) is 11.5 Å². The number of amides is 2. The lowest BCUT2D eigenvalue weighted by Crippen LogP contribution is -2.41. The Labute approximate surface area is 198 Å². The number of methoxy groups -OCH3 is 1. The molecule has 1 atom stereocenters. The monoisotopic (exact) mass is 464 g/mol. The first kappa shape index (κ1) is 24.1. The molecule has 0 bridgehead atoms. The summed E-state index contributed by atoms with van der Waals surface area (Å²) in [6.07, 6.45) is 1.67. The number of carbonyl (C=O) groups excluding carboxylic acids is 2. The molecule has 2 amide bonds. The number of hydrogen-bond acceptors (Lipinski definition) is 5. The van der Waals surface area contributed by atoms with Crippen LogP contribution in [0.4, 0.5) is 0 Å². The summed E-state index contributed by atoms with van der Waals surface area (Å²) in [6, 6.07) is 16.1. The molecule has 3 rings (SSSR count). The Hall–Kier alpha value is -3.58. The lowest BCUT2D eigenvalue weighted by atomic mass is 10.1. The highest BCUT2D eigenvalue weighted by atomic mass is 32.1. The summed E-state index contributed by atoms with van der Waals surface area (Å²) in [5.41, 5.74) is 2.93. The van der Waals surface area contributed by atoms with Crippen LogP contribution < -0.4 is 20.1 Å². The maximum absolute atomic E-state index is 13.0. The van der Waals surface area contributed by atoms with Crippen LogP contribution in [0.15, 0.2) is 65.7 Å². The number of rotatable bonds is 9. The van der Waals surface area contributed by atoms with Crippen molar-refractivity contribution in [2.24, 2.45) is 0 Å². The van der Waals surface area contributed by atoms with Crippen LogP contribution in [-0.2, 0) is 4.79 Å². The fourth-order valence-electron chi connectivity index (χ4n) is 2.98. The van der Waals surface area contributed by atoms with Gasteiger partial charge in [-0.3, -0.25) is 9.59 Å². The largest absolute Gasteiger partial charge is 0.497 e. The molecule has 172 valence electrons. The average Bonchev–Trinajstić information content (AvgIpc) is 3.32. The molecule has 0 aliphatic carbocycles. The van der Waals surface area contributed by atoms with Gasteiger partial charge in [0.2, 0.25) is 0 Å². The van der Waals surface area contributed by atoms with E-state index in [9.17, 15) is 9.59 Å². The molecule has 1 aromatic heterocycles. The maximum atomic E-state index is 13.0. The van der Waals surface area contributed by atoms with Gasteiger partial charge in [0, 0.05) is 10.4 Å². The van der Waals surface area contributed by atoms with Crippen LogP contribution >= 0.6 is 11.3 Å². The summed E-state index contributed by atoms with van der Waals surface area (Å²) in [5.74, 6) is 0.633. The number of hydrogen-bond donors (Lipinski definition) is 2. The topological polar surface area (TPSA) is 76.7 Å². The van der Waals surface area contributed by atoms with Gasteiger partial charge in [-0.1, -0.05) is 12.1 Å². The molecule has 2 N–H and O–H groups in total. The third kappa shape index (κ3) is 6.95. The molecule has 7 heteroatoms. The first-order valence-corrected chi connectivity index (χ1v) is 11.4. The summed E-state index contributed by atoms with van der Waals surface area (Å²) in [5, 5.41) is 7.55. The minimum atomic E-state index is -0.388. The summed E-state index contributed by atoms with van der Waals surface area (Å²) in [4.78, 5) is 26.6. The van der Waals surface area contributed by atoms with Crippen molar-refractivity contribution in [1.29, 1.82) is 0 Å². The number of benzene rings is 2. The zero-order chi connectivity index (χ0) is 23.8. The van der Waals surface area contributed by atoms with E-state index in [0.717, 1.165) is 16.2 Å². The smallest absolute Gasteiger partial charge is 0.268 e. The predicted octanol–water partition coefficient (Wildman–Crippen LogP) is 4.73. The summed E-state index contributed by atoms with van der Waals surface area (Å²) in [7, 11) is 1.56. The SMILES string of the molecule is COc1ccc(C(=O)N/C(=C\c2cccs2)C(=O)NC(C)COc2ccc(C)c(C)c2)cc1. The minimum Gasteiger partial charge on any atom is -0.497 e. The van der Waals surface area contributed by atoms with Gasteiger partial charge in [0.1, 0.15) is 23.8 Å². The molecule has 3 aromatic rings. The highest BCUT2D eigenvalue weighted by Crippen LogP contribution is 2.17. The van der Waals surface area contributed by atoms with E-state index in [1.165, 1.54) is 16.9 Å². The van der Waals surface area contributed by atoms with E-state index in [4.69, 9.17) is 9.47 Å². The normalized spacial score (nSPS) is 12.1. The molecular formula is C26H28N2O4S. The van der Waals surface area contributed by atoms with Gasteiger partial charge in [0.15, 0.2) is 0 Å². The molecule has 0 saturated carbocycles. The van der Waals surface area contributed by atoms with Crippen molar-refractivity contribution in [3.05, 3.63) is 87.2 Å². The fraction of sp³-hybridized carbons (Fsp3) is 0.231. The van der Waals surface area contributed by atoms with E-state index in [2.05, 4.69) is 10.6 Å². The Morgan fingerprint density at radius 2 is 1.76 bits per heavy atom. The predicted molar refractivity (Wildman–Crippen MR) is 132 cm³/mol. The van der Waals surface area contributed by atoms with Gasteiger partial charge in [0.05, 0.1) is 13.2 Å². The molecule has 6 nitrogen and oxygen atoms in total. The Morgan fingerprint density at radius 3 is 2.39 bits per heavy atom. The van der Waals surface area contributed by atoms with Crippen LogP contribution in [0.3, 0.4) is 0 Å². The van der Waals surface area contributed by atoms with Crippen molar-refractivity contribution in [2.45, 2.75) is 26.8 Å². The van der Waals surface area contributed by atoms with Crippen molar-refractivity contribution >= 4 is 29.2 Å². The second-order valence-electron chi connectivity index (χ2n) is 7.69. The molecule has 1 unspecified atom stereocenters. The Morgan fingerprint density at radius 1 is 1.03 bits per heavy atom. The molecule has 0 spiro atoms. The minimum absolute atomic E-state index is 0.163. The van der Waals surface area contributed by atoms with Gasteiger partial charge in [-0.05, 0) is 85.8 Å². The third-order valence-electron chi connectivity index (χ3n) is 5.03. The highest BCUT2D eigenvalue weighted by Gasteiger charge is 2.17. The summed E-state index contributed by atoms with van der Waals surface area (Å²) < 4.78 is 11.0. The van der Waals surface area contributed by atoms with Crippen LogP contribution in [0.2, 0.25) is 0 Å². The van der Waals surface area contributed by atoms with E-state index >= 15 is 0 Å². The van der Waals surface area contributed by atoms with E-state index in [0.29, 0.717) is 17.9 Å². The third-order valence-corrected chi connectivity index (χ3v) is 5.85. The molecule has 2 aromatic carbocycles. The molecule has 0 radical (unpaired) electrons. The number of nitrogens with one attached hydrogen (secondary N) is 2. The zero-order valence-corrected chi connectivity index (χ0v) is 20.0. The lowest BCUT2D eigenvalue weighted by Gasteiger charge is -2.17. The van der Waals surface area contributed by atoms with Crippen LogP contribution in [-0.4, -0.2) is 31.6 Å². The van der Waals surface area contributed by atoms with Crippen LogP contribution in [0, 0.1) is 13.8 Å². The van der Waals surface area contributed by atoms with Crippen molar-refractivity contribution < 1.29 is 19.1 Å². The number of ether oxygens (including phenoxy) is 2. The van der Waals surface area contributed by atoms with Crippen molar-refractivity contribution in [1.82, 2.24) is 10.6 Å². The van der Waals surface area contributed by atoms with Gasteiger partial charge in [-0.15, -0.1) is 11.3 Å². The Bertz CT molecular complexity index is 1120. The summed E-state index contributed by atoms with van der Waals surface area (Å²) in [6.45, 7) is 6.23. The molecule has 0 saturated heterocycles. The van der Waals surface area contributed by atoms with E-state index in [1.54, 1.807) is 37.5 Å². The highest BCUT2D eigenvalue weighted by molar-refractivity contribution is 7.10. The second-order valence-corrected chi connectivity index (χ2v) is 8.67. The van der Waals surface area contributed by atoms with Crippen LogP contribution in [0.25, 0.3) is 6.08 Å². The lowest BCUT2D eigenvalue weighted by molar-refractivity contribution is -0.118. The summed E-state index contributed by atoms with van der Waals surface area (Å²) >= 11 is 1.48. The van der Waals surface area contributed by atoms with Gasteiger partial charge >= 0.3 is 0 Å². The zero-order valence-electron chi connectivity index (χ0n) is 19.2. The van der Waals surface area contributed by atoms with E-state index in [-0.39, 0.29) is 23.6 Å². The molecule has 33 heavy (non-hydrogen) atoms. The van der Waals surface area contributed by atoms with E-state index < -0.39 is 0 Å². The van der Waals surface area contributed by atoms with Crippen molar-refractivity contribution in [3.63, 3.8) is 0 Å². The molecule has 0 fully saturated rings. The van der Waals surface area contributed by atoms with Crippen LogP contribution in [0.1, 0.15) is 33.3 Å². The number of aryl methyl sites for hydroxylation is 2. The van der Waals surface area contributed by atoms with Gasteiger partial charge < -0.3 is 20.1 Å². The molecule has 1 heterocycles. The maximum Gasteiger partial charge on any atom is 0.268 e. The van der Waals surface area contributed by atoms with Gasteiger partial charge in [-0.2, -0.15) is 0 Å². The van der Waals surface area contributed by atoms with Gasteiger partial charge in [-0.25, -0.2) is 0 Å².